The van der Waals surface area contributed by atoms with Crippen molar-refractivity contribution < 1.29 is 0 Å². The first-order chi connectivity index (χ1) is 6.83. The minimum absolute atomic E-state index is 0.809. The van der Waals surface area contributed by atoms with Crippen molar-refractivity contribution in [1.82, 2.24) is 0 Å². The fourth-order valence-electron chi connectivity index (χ4n) is 1.31. The summed E-state index contributed by atoms with van der Waals surface area (Å²) in [6.45, 7) is 0. The Kier molecular flexibility index (Phi) is 4.96. The van der Waals surface area contributed by atoms with Crippen LogP contribution in [0.4, 0.5) is 0 Å². The smallest absolute Gasteiger partial charge is 0.0408 e. The van der Waals surface area contributed by atoms with Gasteiger partial charge in [-0.05, 0) is 37.0 Å². The second-order valence-corrected chi connectivity index (χ2v) is 3.59. The maximum Gasteiger partial charge on any atom is 0.0408 e. The normalized spacial score (nSPS) is 9.21. The second-order valence-electron chi connectivity index (χ2n) is 3.16. The van der Waals surface area contributed by atoms with E-state index in [2.05, 4.69) is 18.0 Å². The zero-order valence-electron chi connectivity index (χ0n) is 8.09. The zero-order valence-corrected chi connectivity index (χ0v) is 8.85. The molecule has 2 heteroatoms. The van der Waals surface area contributed by atoms with Gasteiger partial charge in [0.2, 0.25) is 0 Å². The molecule has 1 aromatic carbocycles. The molecule has 2 N–H and O–H groups in total. The third-order valence-corrected chi connectivity index (χ3v) is 2.24. The van der Waals surface area contributed by atoms with Crippen molar-refractivity contribution in [2.75, 3.05) is 0 Å². The van der Waals surface area contributed by atoms with E-state index in [9.17, 15) is 0 Å². The number of nitrogens with two attached hydrogens (primary N) is 1. The molecular formula is C12H14ClN. The van der Waals surface area contributed by atoms with E-state index >= 15 is 0 Å². The van der Waals surface area contributed by atoms with E-state index in [0.717, 1.165) is 30.7 Å². The highest BCUT2D eigenvalue weighted by Crippen LogP contribution is 2.13. The van der Waals surface area contributed by atoms with E-state index in [4.69, 9.17) is 17.3 Å². The van der Waals surface area contributed by atoms with Gasteiger partial charge in [-0.3, -0.25) is 0 Å². The highest BCUT2D eigenvalue weighted by Gasteiger charge is 1.93. The van der Waals surface area contributed by atoms with Gasteiger partial charge in [-0.2, -0.15) is 0 Å². The molecule has 1 nitrogen and oxygen atoms in total. The Hall–Kier alpha value is -1.13. The van der Waals surface area contributed by atoms with Crippen LogP contribution in [0.2, 0.25) is 5.02 Å². The summed E-state index contributed by atoms with van der Waals surface area (Å²) in [5.74, 6) is 2.85. The van der Waals surface area contributed by atoms with E-state index in [0.29, 0.717) is 0 Å². The average Bonchev–Trinajstić information content (AvgIpc) is 2.18. The van der Waals surface area contributed by atoms with Gasteiger partial charge in [0, 0.05) is 17.5 Å². The summed E-state index contributed by atoms with van der Waals surface area (Å²) in [7, 11) is 0. The van der Waals surface area contributed by atoms with Crippen molar-refractivity contribution >= 4 is 11.6 Å². The molecule has 0 spiro atoms. The summed E-state index contributed by atoms with van der Waals surface area (Å²) >= 11 is 5.87. The average molecular weight is 208 g/mol. The Morgan fingerprint density at radius 1 is 1.29 bits per heavy atom. The lowest BCUT2D eigenvalue weighted by molar-refractivity contribution is 0.756. The molecule has 0 heterocycles. The topological polar surface area (TPSA) is 26.0 Å². The lowest BCUT2D eigenvalue weighted by Gasteiger charge is -1.99. The van der Waals surface area contributed by atoms with Crippen LogP contribution in [0.25, 0.3) is 0 Å². The van der Waals surface area contributed by atoms with Crippen LogP contribution in [0.15, 0.2) is 24.3 Å². The number of aryl methyl sites for hydroxylation is 1. The molecule has 14 heavy (non-hydrogen) atoms. The predicted molar refractivity (Wildman–Crippen MR) is 61.0 cm³/mol. The van der Waals surface area contributed by atoms with Gasteiger partial charge in [0.25, 0.3) is 0 Å². The predicted octanol–water partition coefficient (Wildman–Crippen LogP) is 2.97. The van der Waals surface area contributed by atoms with Crippen molar-refractivity contribution in [3.8, 4) is 12.0 Å². The van der Waals surface area contributed by atoms with Crippen LogP contribution >= 0.6 is 11.6 Å². The minimum Gasteiger partial charge on any atom is -0.359 e. The molecule has 0 aliphatic rings. The summed E-state index contributed by atoms with van der Waals surface area (Å²) in [4.78, 5) is 0. The van der Waals surface area contributed by atoms with Crippen molar-refractivity contribution in [1.29, 1.82) is 0 Å². The molecule has 0 fully saturated rings. The van der Waals surface area contributed by atoms with Crippen molar-refractivity contribution in [3.05, 3.63) is 34.9 Å². The van der Waals surface area contributed by atoms with Gasteiger partial charge in [-0.15, -0.1) is 0 Å². The monoisotopic (exact) mass is 207 g/mol. The fourth-order valence-corrected chi connectivity index (χ4v) is 1.52. The van der Waals surface area contributed by atoms with Gasteiger partial charge in [0.05, 0.1) is 0 Å². The van der Waals surface area contributed by atoms with Crippen LogP contribution in [0.1, 0.15) is 24.8 Å². The molecule has 0 aromatic heterocycles. The first-order valence-corrected chi connectivity index (χ1v) is 5.13. The summed E-state index contributed by atoms with van der Waals surface area (Å²) in [5, 5.41) is 0.809. The van der Waals surface area contributed by atoms with Crippen LogP contribution in [0, 0.1) is 12.0 Å². The van der Waals surface area contributed by atoms with Crippen molar-refractivity contribution in [2.24, 2.45) is 5.73 Å². The van der Waals surface area contributed by atoms with E-state index in [1.807, 2.05) is 18.2 Å². The molecule has 0 aliphatic carbocycles. The number of benzene rings is 1. The van der Waals surface area contributed by atoms with E-state index in [-0.39, 0.29) is 0 Å². The van der Waals surface area contributed by atoms with E-state index in [1.54, 1.807) is 0 Å². The molecule has 0 unspecified atom stereocenters. The zero-order chi connectivity index (χ0) is 10.2. The van der Waals surface area contributed by atoms with Gasteiger partial charge >= 0.3 is 0 Å². The number of unbranched alkanes of at least 4 members (excludes halogenated alkanes) is 2. The molecule has 0 aliphatic heterocycles. The molecule has 0 bridgehead atoms. The van der Waals surface area contributed by atoms with Gasteiger partial charge in [0.1, 0.15) is 0 Å². The van der Waals surface area contributed by atoms with Crippen molar-refractivity contribution in [2.45, 2.75) is 25.7 Å². The second kappa shape index (κ2) is 6.34. The van der Waals surface area contributed by atoms with E-state index in [1.165, 1.54) is 5.56 Å². The molecule has 0 saturated carbocycles. The molecule has 1 rings (SSSR count). The fraction of sp³-hybridized carbons (Fsp3) is 0.333. The molecule has 74 valence electrons. The lowest BCUT2D eigenvalue weighted by atomic mass is 10.1. The molecule has 0 saturated heterocycles. The third kappa shape index (κ3) is 4.20. The summed E-state index contributed by atoms with van der Waals surface area (Å²) in [5.41, 5.74) is 6.35. The van der Waals surface area contributed by atoms with Crippen LogP contribution in [-0.4, -0.2) is 0 Å². The van der Waals surface area contributed by atoms with Gasteiger partial charge in [0.15, 0.2) is 0 Å². The van der Waals surface area contributed by atoms with Crippen LogP contribution < -0.4 is 5.73 Å². The SMILES string of the molecule is NC#CCCCCc1cccc(Cl)c1. The maximum absolute atomic E-state index is 5.87. The molecule has 0 radical (unpaired) electrons. The minimum atomic E-state index is 0.809. The van der Waals surface area contributed by atoms with Gasteiger partial charge in [-0.1, -0.05) is 29.7 Å². The Balaban J connectivity index is 2.27. The first-order valence-electron chi connectivity index (χ1n) is 4.76. The number of rotatable bonds is 4. The Morgan fingerprint density at radius 3 is 2.86 bits per heavy atom. The molecule has 0 atom stereocenters. The number of hydrogen-bond acceptors (Lipinski definition) is 1. The maximum atomic E-state index is 5.87. The summed E-state index contributed by atoms with van der Waals surface area (Å²) in [6.07, 6.45) is 4.18. The Labute approximate surface area is 90.3 Å². The third-order valence-electron chi connectivity index (χ3n) is 2.01. The first kappa shape index (κ1) is 10.9. The molecule has 1 aromatic rings. The highest BCUT2D eigenvalue weighted by atomic mass is 35.5. The molecular weight excluding hydrogens is 194 g/mol. The number of halogens is 1. The Morgan fingerprint density at radius 2 is 2.14 bits per heavy atom. The number of hydrogen-bond donors (Lipinski definition) is 1. The van der Waals surface area contributed by atoms with Gasteiger partial charge < -0.3 is 5.73 Å². The summed E-state index contributed by atoms with van der Waals surface area (Å²) < 4.78 is 0. The van der Waals surface area contributed by atoms with E-state index < -0.39 is 0 Å². The summed E-state index contributed by atoms with van der Waals surface area (Å²) in [6, 6.07) is 10.4. The van der Waals surface area contributed by atoms with Crippen LogP contribution in [0.5, 0.6) is 0 Å². The standard InChI is InChI=1S/C12H14ClN/c13-12-8-5-7-11(10-12)6-3-1-2-4-9-14/h5,7-8,10H,1-3,6,14H2. The molecule has 0 amide bonds. The Bertz CT molecular complexity index is 336. The lowest BCUT2D eigenvalue weighted by Crippen LogP contribution is -1.85. The largest absolute Gasteiger partial charge is 0.359 e. The highest BCUT2D eigenvalue weighted by molar-refractivity contribution is 6.30. The van der Waals surface area contributed by atoms with Gasteiger partial charge in [-0.25, -0.2) is 0 Å². The quantitative estimate of drug-likeness (QED) is 0.459. The van der Waals surface area contributed by atoms with Crippen LogP contribution in [-0.2, 0) is 6.42 Å². The van der Waals surface area contributed by atoms with Crippen LogP contribution in [0.3, 0.4) is 0 Å². The van der Waals surface area contributed by atoms with Crippen molar-refractivity contribution in [3.63, 3.8) is 0 Å².